The van der Waals surface area contributed by atoms with Gasteiger partial charge < -0.3 is 10.2 Å². The van der Waals surface area contributed by atoms with Gasteiger partial charge in [-0.25, -0.2) is 9.07 Å². The maximum absolute atomic E-state index is 13.3. The predicted octanol–water partition coefficient (Wildman–Crippen LogP) is 2.77. The van der Waals surface area contributed by atoms with Crippen LogP contribution in [0.2, 0.25) is 0 Å². The molecule has 2 aromatic carbocycles. The first kappa shape index (κ1) is 19.2. The fourth-order valence-electron chi connectivity index (χ4n) is 2.98. The van der Waals surface area contributed by atoms with E-state index in [9.17, 15) is 9.50 Å². The summed E-state index contributed by atoms with van der Waals surface area (Å²) in [6, 6.07) is 14.3. The van der Waals surface area contributed by atoms with Crippen molar-refractivity contribution in [3.63, 3.8) is 0 Å². The Labute approximate surface area is 158 Å². The number of halogens is 1. The van der Waals surface area contributed by atoms with E-state index in [4.69, 9.17) is 10.2 Å². The highest BCUT2D eigenvalue weighted by Crippen LogP contribution is 2.25. The van der Waals surface area contributed by atoms with Crippen LogP contribution in [0.3, 0.4) is 0 Å². The van der Waals surface area contributed by atoms with Gasteiger partial charge in [-0.1, -0.05) is 17.7 Å². The van der Waals surface area contributed by atoms with Crippen LogP contribution in [-0.2, 0) is 6.54 Å². The highest BCUT2D eigenvalue weighted by Gasteiger charge is 2.16. The first-order valence-corrected chi connectivity index (χ1v) is 8.85. The first-order chi connectivity index (χ1) is 13.0. The normalized spacial score (nSPS) is 12.5. The number of aryl methyl sites for hydroxylation is 1. The molecule has 3 aromatic rings. The molecule has 0 fully saturated rings. The minimum absolute atomic E-state index is 0.280. The molecule has 3 rings (SSSR count). The molecule has 0 spiro atoms. The van der Waals surface area contributed by atoms with Crippen LogP contribution < -0.4 is 0 Å². The van der Waals surface area contributed by atoms with Crippen LogP contribution in [0.1, 0.15) is 11.1 Å². The standard InChI is InChI=1S/C21H24FN3O2/c1-15-3-9-19(10-4-15)25-12-17(11-24(2)13-20(27)14-26)21(23-25)16-5-7-18(22)8-6-16/h3-10,12,20,26-27H,11,13-14H2,1-2H3. The molecular formula is C21H24FN3O2. The van der Waals surface area contributed by atoms with Gasteiger partial charge in [0.25, 0.3) is 0 Å². The van der Waals surface area contributed by atoms with Gasteiger partial charge in [0.05, 0.1) is 24.1 Å². The number of hydrogen-bond donors (Lipinski definition) is 2. The Balaban J connectivity index is 1.96. The van der Waals surface area contributed by atoms with Crippen LogP contribution in [-0.4, -0.2) is 51.2 Å². The quantitative estimate of drug-likeness (QED) is 0.672. The molecule has 1 heterocycles. The lowest BCUT2D eigenvalue weighted by Gasteiger charge is -2.19. The van der Waals surface area contributed by atoms with Gasteiger partial charge >= 0.3 is 0 Å². The van der Waals surface area contributed by atoms with Gasteiger partial charge in [0.2, 0.25) is 0 Å². The molecule has 0 amide bonds. The van der Waals surface area contributed by atoms with Gasteiger partial charge in [0.15, 0.2) is 0 Å². The zero-order valence-electron chi connectivity index (χ0n) is 15.5. The van der Waals surface area contributed by atoms with E-state index in [0.717, 1.165) is 22.5 Å². The van der Waals surface area contributed by atoms with E-state index in [1.54, 1.807) is 12.1 Å². The average molecular weight is 369 g/mol. The van der Waals surface area contributed by atoms with Crippen molar-refractivity contribution < 1.29 is 14.6 Å². The molecule has 0 bridgehead atoms. The van der Waals surface area contributed by atoms with E-state index in [-0.39, 0.29) is 12.4 Å². The molecule has 142 valence electrons. The molecule has 0 aliphatic heterocycles. The number of aliphatic hydroxyl groups excluding tert-OH is 2. The monoisotopic (exact) mass is 369 g/mol. The highest BCUT2D eigenvalue weighted by atomic mass is 19.1. The van der Waals surface area contributed by atoms with E-state index >= 15 is 0 Å². The molecule has 1 atom stereocenters. The predicted molar refractivity (Wildman–Crippen MR) is 103 cm³/mol. The van der Waals surface area contributed by atoms with Crippen LogP contribution in [0.4, 0.5) is 4.39 Å². The van der Waals surface area contributed by atoms with Crippen molar-refractivity contribution in [3.05, 3.63) is 71.7 Å². The largest absolute Gasteiger partial charge is 0.394 e. The molecular weight excluding hydrogens is 345 g/mol. The molecule has 6 heteroatoms. The van der Waals surface area contributed by atoms with Crippen molar-refractivity contribution in [3.8, 4) is 16.9 Å². The van der Waals surface area contributed by atoms with Gasteiger partial charge in [-0.15, -0.1) is 0 Å². The molecule has 0 saturated carbocycles. The third-order valence-electron chi connectivity index (χ3n) is 4.38. The Morgan fingerprint density at radius 3 is 2.41 bits per heavy atom. The van der Waals surface area contributed by atoms with E-state index < -0.39 is 6.10 Å². The number of aliphatic hydroxyl groups is 2. The Morgan fingerprint density at radius 2 is 1.78 bits per heavy atom. The second-order valence-corrected chi connectivity index (χ2v) is 6.82. The number of hydrogen-bond acceptors (Lipinski definition) is 4. The molecule has 1 unspecified atom stereocenters. The van der Waals surface area contributed by atoms with Crippen molar-refractivity contribution in [2.24, 2.45) is 0 Å². The zero-order valence-corrected chi connectivity index (χ0v) is 15.5. The van der Waals surface area contributed by atoms with E-state index in [0.29, 0.717) is 13.1 Å². The van der Waals surface area contributed by atoms with Crippen molar-refractivity contribution in [2.45, 2.75) is 19.6 Å². The van der Waals surface area contributed by atoms with Crippen LogP contribution >= 0.6 is 0 Å². The lowest BCUT2D eigenvalue weighted by molar-refractivity contribution is 0.0648. The molecule has 0 aliphatic carbocycles. The van der Waals surface area contributed by atoms with Crippen LogP contribution in [0.25, 0.3) is 16.9 Å². The lowest BCUT2D eigenvalue weighted by Crippen LogP contribution is -2.31. The summed E-state index contributed by atoms with van der Waals surface area (Å²) in [7, 11) is 1.87. The molecule has 5 nitrogen and oxygen atoms in total. The molecule has 0 aliphatic rings. The summed E-state index contributed by atoms with van der Waals surface area (Å²) in [5.74, 6) is -0.290. The molecule has 0 saturated heterocycles. The summed E-state index contributed by atoms with van der Waals surface area (Å²) < 4.78 is 15.1. The maximum Gasteiger partial charge on any atom is 0.123 e. The third kappa shape index (κ3) is 4.80. The highest BCUT2D eigenvalue weighted by molar-refractivity contribution is 5.63. The second-order valence-electron chi connectivity index (χ2n) is 6.82. The summed E-state index contributed by atoms with van der Waals surface area (Å²) in [5, 5.41) is 23.5. The molecule has 27 heavy (non-hydrogen) atoms. The fraction of sp³-hybridized carbons (Fsp3) is 0.286. The lowest BCUT2D eigenvalue weighted by atomic mass is 10.1. The Kier molecular flexibility index (Phi) is 6.01. The minimum Gasteiger partial charge on any atom is -0.394 e. The van der Waals surface area contributed by atoms with Crippen LogP contribution in [0.5, 0.6) is 0 Å². The van der Waals surface area contributed by atoms with E-state index in [1.165, 1.54) is 17.7 Å². The van der Waals surface area contributed by atoms with Gasteiger partial charge in [-0.3, -0.25) is 4.90 Å². The zero-order chi connectivity index (χ0) is 19.4. The van der Waals surface area contributed by atoms with Crippen molar-refractivity contribution in [1.29, 1.82) is 0 Å². The van der Waals surface area contributed by atoms with Crippen LogP contribution in [0.15, 0.2) is 54.7 Å². The third-order valence-corrected chi connectivity index (χ3v) is 4.38. The van der Waals surface area contributed by atoms with E-state index in [2.05, 4.69) is 0 Å². The fourth-order valence-corrected chi connectivity index (χ4v) is 2.98. The topological polar surface area (TPSA) is 61.5 Å². The van der Waals surface area contributed by atoms with Crippen molar-refractivity contribution in [2.75, 3.05) is 20.2 Å². The number of aromatic nitrogens is 2. The average Bonchev–Trinajstić information content (AvgIpc) is 3.06. The number of rotatable bonds is 7. The van der Waals surface area contributed by atoms with Crippen LogP contribution in [0, 0.1) is 12.7 Å². The molecule has 0 radical (unpaired) electrons. The second kappa shape index (κ2) is 8.43. The Morgan fingerprint density at radius 1 is 1.11 bits per heavy atom. The maximum atomic E-state index is 13.3. The van der Waals surface area contributed by atoms with Gasteiger partial charge in [-0.05, 0) is 50.4 Å². The summed E-state index contributed by atoms with van der Waals surface area (Å²) >= 11 is 0. The Hall–Kier alpha value is -2.54. The first-order valence-electron chi connectivity index (χ1n) is 8.85. The number of likely N-dealkylation sites (N-methyl/N-ethyl adjacent to an activating group) is 1. The number of benzene rings is 2. The van der Waals surface area contributed by atoms with Gasteiger partial charge in [0.1, 0.15) is 5.82 Å². The smallest absolute Gasteiger partial charge is 0.123 e. The molecule has 2 N–H and O–H groups in total. The summed E-state index contributed by atoms with van der Waals surface area (Å²) in [4.78, 5) is 1.92. The summed E-state index contributed by atoms with van der Waals surface area (Å²) in [5.41, 5.74) is 4.65. The number of nitrogens with zero attached hydrogens (tertiary/aromatic N) is 3. The molecule has 1 aromatic heterocycles. The summed E-state index contributed by atoms with van der Waals surface area (Å²) in [6.45, 7) is 2.63. The van der Waals surface area contributed by atoms with E-state index in [1.807, 2.05) is 54.0 Å². The minimum atomic E-state index is -0.795. The summed E-state index contributed by atoms with van der Waals surface area (Å²) in [6.07, 6.45) is 1.15. The van der Waals surface area contributed by atoms with Crippen molar-refractivity contribution in [1.82, 2.24) is 14.7 Å². The SMILES string of the molecule is Cc1ccc(-n2cc(CN(C)CC(O)CO)c(-c3ccc(F)cc3)n2)cc1. The van der Waals surface area contributed by atoms with Gasteiger partial charge in [-0.2, -0.15) is 5.10 Å². The van der Waals surface area contributed by atoms with Gasteiger partial charge in [0, 0.05) is 30.4 Å². The van der Waals surface area contributed by atoms with Crippen molar-refractivity contribution >= 4 is 0 Å². The Bertz CT molecular complexity index is 875.